The molecule has 0 saturated carbocycles. The summed E-state index contributed by atoms with van der Waals surface area (Å²) >= 11 is 0. The molecule has 0 unspecified atom stereocenters. The molecule has 0 aliphatic heterocycles. The first-order valence-electron chi connectivity index (χ1n) is 6.40. The van der Waals surface area contributed by atoms with Crippen molar-refractivity contribution < 1.29 is 9.90 Å². The molecule has 22 heavy (non-hydrogen) atoms. The van der Waals surface area contributed by atoms with Crippen molar-refractivity contribution in [1.82, 2.24) is 0 Å². The number of carboxylic acid groups (broad SMARTS) is 1. The zero-order valence-corrected chi connectivity index (χ0v) is 11.9. The molecular weight excluding hydrogens is 282 g/mol. The number of nitrogens with two attached hydrogens (primary N) is 3. The van der Waals surface area contributed by atoms with E-state index in [1.807, 2.05) is 12.1 Å². The largest absolute Gasteiger partial charge is 0.478 e. The van der Waals surface area contributed by atoms with Crippen LogP contribution in [-0.2, 0) is 6.54 Å². The van der Waals surface area contributed by atoms with Crippen molar-refractivity contribution in [1.29, 1.82) is 5.41 Å². The normalized spacial score (nSPS) is 9.36. The fourth-order valence-corrected chi connectivity index (χ4v) is 1.74. The maximum absolute atomic E-state index is 10.7. The lowest BCUT2D eigenvalue weighted by Gasteiger charge is -2.07. The van der Waals surface area contributed by atoms with E-state index in [-0.39, 0.29) is 11.4 Å². The molecule has 0 spiro atoms. The van der Waals surface area contributed by atoms with Crippen molar-refractivity contribution >= 4 is 17.5 Å². The predicted molar refractivity (Wildman–Crippen MR) is 86.6 cm³/mol. The molecule has 116 valence electrons. The predicted octanol–water partition coefficient (Wildman–Crippen LogP) is 1.10. The van der Waals surface area contributed by atoms with Crippen LogP contribution in [0, 0.1) is 5.41 Å². The van der Waals surface area contributed by atoms with Gasteiger partial charge in [0.2, 0.25) is 0 Å². The van der Waals surface area contributed by atoms with Crippen molar-refractivity contribution in [2.75, 3.05) is 5.32 Å². The van der Waals surface area contributed by atoms with E-state index in [1.54, 1.807) is 36.4 Å². The van der Waals surface area contributed by atoms with Crippen LogP contribution >= 0.6 is 0 Å². The summed E-state index contributed by atoms with van der Waals surface area (Å²) in [6.07, 6.45) is 0. The molecule has 0 aliphatic carbocycles. The zero-order valence-electron chi connectivity index (χ0n) is 11.9. The van der Waals surface area contributed by atoms with Crippen molar-refractivity contribution in [2.24, 2.45) is 17.4 Å². The minimum atomic E-state index is -0.927. The fraction of sp³-hybridized carbons (Fsp3) is 0.0667. The number of hydrazine groups is 1. The molecule has 2 aromatic carbocycles. The SMILES string of the molecule is N=C(N)c1ccc(NCc2ccc(C(=O)O)cc2)cc1.NN. The molecular formula is C15H19N5O2. The van der Waals surface area contributed by atoms with Crippen LogP contribution in [0.3, 0.4) is 0 Å². The summed E-state index contributed by atoms with van der Waals surface area (Å²) in [5.41, 5.74) is 8.25. The first-order valence-corrected chi connectivity index (χ1v) is 6.40. The number of aromatic carboxylic acids is 1. The van der Waals surface area contributed by atoms with Gasteiger partial charge in [0.1, 0.15) is 5.84 Å². The highest BCUT2D eigenvalue weighted by atomic mass is 16.4. The Morgan fingerprint density at radius 1 is 1.00 bits per heavy atom. The van der Waals surface area contributed by atoms with Gasteiger partial charge in [-0.05, 0) is 42.0 Å². The van der Waals surface area contributed by atoms with E-state index in [9.17, 15) is 4.79 Å². The highest BCUT2D eigenvalue weighted by molar-refractivity contribution is 5.95. The number of hydrogen-bond acceptors (Lipinski definition) is 5. The molecule has 0 saturated heterocycles. The standard InChI is InChI=1S/C15H15N3O2.H4N2/c16-14(17)11-5-7-13(8-6-11)18-9-10-1-3-12(4-2-10)15(19)20;1-2/h1-8,18H,9H2,(H3,16,17)(H,19,20);1-2H2. The number of nitrogen functional groups attached to an aromatic ring is 1. The molecule has 0 heterocycles. The monoisotopic (exact) mass is 301 g/mol. The maximum atomic E-state index is 10.7. The third-order valence-corrected chi connectivity index (χ3v) is 2.89. The van der Waals surface area contributed by atoms with Crippen LogP contribution in [0.25, 0.3) is 0 Å². The highest BCUT2D eigenvalue weighted by Crippen LogP contribution is 2.11. The third-order valence-electron chi connectivity index (χ3n) is 2.89. The molecule has 0 atom stereocenters. The molecule has 7 nitrogen and oxygen atoms in total. The van der Waals surface area contributed by atoms with Crippen molar-refractivity contribution in [3.8, 4) is 0 Å². The van der Waals surface area contributed by atoms with Gasteiger partial charge >= 0.3 is 5.97 Å². The number of benzene rings is 2. The van der Waals surface area contributed by atoms with Crippen molar-refractivity contribution in [3.05, 3.63) is 65.2 Å². The van der Waals surface area contributed by atoms with Gasteiger partial charge in [-0.2, -0.15) is 0 Å². The molecule has 7 heteroatoms. The summed E-state index contributed by atoms with van der Waals surface area (Å²) in [6.45, 7) is 0.597. The molecule has 0 bridgehead atoms. The summed E-state index contributed by atoms with van der Waals surface area (Å²) in [4.78, 5) is 10.7. The van der Waals surface area contributed by atoms with Crippen molar-refractivity contribution in [2.45, 2.75) is 6.54 Å². The number of anilines is 1. The summed E-state index contributed by atoms with van der Waals surface area (Å²) in [6, 6.07) is 14.0. The van der Waals surface area contributed by atoms with E-state index < -0.39 is 5.97 Å². The average molecular weight is 301 g/mol. The summed E-state index contributed by atoms with van der Waals surface area (Å²) in [7, 11) is 0. The fourth-order valence-electron chi connectivity index (χ4n) is 1.74. The van der Waals surface area contributed by atoms with Crippen LogP contribution < -0.4 is 22.7 Å². The van der Waals surface area contributed by atoms with Crippen LogP contribution in [0.1, 0.15) is 21.5 Å². The number of amidine groups is 1. The Morgan fingerprint density at radius 3 is 1.95 bits per heavy atom. The summed E-state index contributed by atoms with van der Waals surface area (Å²) in [5.74, 6) is 7.12. The molecule has 0 aromatic heterocycles. The van der Waals surface area contributed by atoms with Gasteiger partial charge in [0, 0.05) is 17.8 Å². The van der Waals surface area contributed by atoms with Gasteiger partial charge in [0.05, 0.1) is 5.56 Å². The molecule has 0 aliphatic rings. The molecule has 9 N–H and O–H groups in total. The Kier molecular flexibility index (Phi) is 6.55. The molecule has 2 rings (SSSR count). The van der Waals surface area contributed by atoms with Gasteiger partial charge in [-0.15, -0.1) is 0 Å². The Morgan fingerprint density at radius 2 is 1.50 bits per heavy atom. The van der Waals surface area contributed by atoms with Crippen LogP contribution in [0.2, 0.25) is 0 Å². The molecule has 0 radical (unpaired) electrons. The van der Waals surface area contributed by atoms with E-state index in [4.69, 9.17) is 16.2 Å². The topological polar surface area (TPSA) is 151 Å². The van der Waals surface area contributed by atoms with E-state index in [1.165, 1.54) is 0 Å². The lowest BCUT2D eigenvalue weighted by atomic mass is 10.1. The Balaban J connectivity index is 0.00000116. The number of carboxylic acids is 1. The minimum Gasteiger partial charge on any atom is -0.478 e. The lowest BCUT2D eigenvalue weighted by Crippen LogP contribution is -2.10. The Labute approximate surface area is 128 Å². The number of rotatable bonds is 5. The second-order valence-corrected chi connectivity index (χ2v) is 4.35. The number of hydrogen-bond donors (Lipinski definition) is 6. The van der Waals surface area contributed by atoms with Gasteiger partial charge in [0.15, 0.2) is 0 Å². The van der Waals surface area contributed by atoms with Crippen LogP contribution in [0.5, 0.6) is 0 Å². The maximum Gasteiger partial charge on any atom is 0.335 e. The number of carbonyl (C=O) groups is 1. The average Bonchev–Trinajstić information content (AvgIpc) is 2.55. The van der Waals surface area contributed by atoms with Gasteiger partial charge in [-0.1, -0.05) is 12.1 Å². The molecule has 2 aromatic rings. The summed E-state index contributed by atoms with van der Waals surface area (Å²) < 4.78 is 0. The van der Waals surface area contributed by atoms with Gasteiger partial charge < -0.3 is 16.2 Å². The molecule has 0 amide bonds. The van der Waals surface area contributed by atoms with Gasteiger partial charge in [-0.25, -0.2) is 4.79 Å². The van der Waals surface area contributed by atoms with Crippen LogP contribution in [0.15, 0.2) is 48.5 Å². The number of nitrogens with one attached hydrogen (secondary N) is 2. The van der Waals surface area contributed by atoms with Crippen LogP contribution in [0.4, 0.5) is 5.69 Å². The van der Waals surface area contributed by atoms with E-state index in [0.29, 0.717) is 12.1 Å². The Bertz CT molecular complexity index is 566. The lowest BCUT2D eigenvalue weighted by molar-refractivity contribution is 0.0697. The van der Waals surface area contributed by atoms with E-state index in [0.717, 1.165) is 11.3 Å². The third kappa shape index (κ3) is 4.89. The quantitative estimate of drug-likeness (QED) is 0.210. The van der Waals surface area contributed by atoms with Gasteiger partial charge in [0.25, 0.3) is 0 Å². The first kappa shape index (κ1) is 17.2. The van der Waals surface area contributed by atoms with E-state index >= 15 is 0 Å². The first-order chi connectivity index (χ1) is 10.6. The smallest absolute Gasteiger partial charge is 0.335 e. The zero-order chi connectivity index (χ0) is 16.5. The molecule has 0 fully saturated rings. The summed E-state index contributed by atoms with van der Waals surface area (Å²) in [5, 5.41) is 19.3. The van der Waals surface area contributed by atoms with Gasteiger partial charge in [-0.3, -0.25) is 17.1 Å². The van der Waals surface area contributed by atoms with E-state index in [2.05, 4.69) is 17.0 Å². The van der Waals surface area contributed by atoms with Crippen molar-refractivity contribution in [3.63, 3.8) is 0 Å². The second kappa shape index (κ2) is 8.40. The second-order valence-electron chi connectivity index (χ2n) is 4.35. The van der Waals surface area contributed by atoms with Crippen LogP contribution in [-0.4, -0.2) is 16.9 Å². The highest BCUT2D eigenvalue weighted by Gasteiger charge is 2.02. The Hall–Kier alpha value is -2.90. The minimum absolute atomic E-state index is 0.0424.